The first-order valence-electron chi connectivity index (χ1n) is 3.61. The van der Waals surface area contributed by atoms with Crippen molar-refractivity contribution in [3.8, 4) is 0 Å². The zero-order chi connectivity index (χ0) is 7.19. The minimum absolute atomic E-state index is 0.0359. The molecule has 0 spiro atoms. The van der Waals surface area contributed by atoms with Crippen molar-refractivity contribution in [1.29, 1.82) is 0 Å². The van der Waals surface area contributed by atoms with Crippen molar-refractivity contribution < 1.29 is 14.6 Å². The second-order valence-corrected chi connectivity index (χ2v) is 3.09. The summed E-state index contributed by atoms with van der Waals surface area (Å²) >= 11 is 0. The molecule has 56 valence electrons. The summed E-state index contributed by atoms with van der Waals surface area (Å²) in [6.07, 6.45) is 2.59. The van der Waals surface area contributed by atoms with E-state index in [-0.39, 0.29) is 11.9 Å². The third-order valence-electron chi connectivity index (χ3n) is 2.38. The highest BCUT2D eigenvalue weighted by Gasteiger charge is 2.54. The monoisotopic (exact) mass is 142 g/mol. The zero-order valence-electron chi connectivity index (χ0n) is 5.92. The minimum Gasteiger partial charge on any atom is -0.296 e. The van der Waals surface area contributed by atoms with Crippen molar-refractivity contribution in [3.63, 3.8) is 0 Å². The molecule has 2 rings (SSSR count). The van der Waals surface area contributed by atoms with Gasteiger partial charge in [0.15, 0.2) is 11.4 Å². The van der Waals surface area contributed by atoms with Gasteiger partial charge in [-0.3, -0.25) is 4.79 Å². The number of hydrogen-bond donors (Lipinski definition) is 0. The topological polar surface area (TPSA) is 35.5 Å². The molecule has 1 saturated heterocycles. The van der Waals surface area contributed by atoms with Crippen molar-refractivity contribution in [3.05, 3.63) is 0 Å². The van der Waals surface area contributed by atoms with Crippen LogP contribution in [0.25, 0.3) is 0 Å². The zero-order valence-corrected chi connectivity index (χ0v) is 5.92. The summed E-state index contributed by atoms with van der Waals surface area (Å²) in [7, 11) is 0. The fourth-order valence-electron chi connectivity index (χ4n) is 1.51. The lowest BCUT2D eigenvalue weighted by Gasteiger charge is -2.45. The first kappa shape index (κ1) is 6.31. The van der Waals surface area contributed by atoms with Crippen molar-refractivity contribution in [2.24, 2.45) is 0 Å². The largest absolute Gasteiger partial charge is 0.296 e. The summed E-state index contributed by atoms with van der Waals surface area (Å²) in [5.74, 6) is 0.190. The second kappa shape index (κ2) is 1.80. The molecule has 0 aromatic heterocycles. The molecule has 3 heteroatoms. The normalized spacial score (nSPS) is 46.1. The van der Waals surface area contributed by atoms with E-state index in [0.717, 1.165) is 12.8 Å². The smallest absolute Gasteiger partial charge is 0.187 e. The van der Waals surface area contributed by atoms with Crippen LogP contribution in [0.3, 0.4) is 0 Å². The van der Waals surface area contributed by atoms with Crippen LogP contribution in [0.4, 0.5) is 0 Å². The van der Waals surface area contributed by atoms with E-state index in [9.17, 15) is 4.79 Å². The maximum absolute atomic E-state index is 11.2. The van der Waals surface area contributed by atoms with E-state index in [0.29, 0.717) is 6.42 Å². The lowest BCUT2D eigenvalue weighted by atomic mass is 9.81. The number of carbonyl (C=O) groups excluding carboxylic acids is 1. The van der Waals surface area contributed by atoms with Crippen LogP contribution in [0.2, 0.25) is 0 Å². The van der Waals surface area contributed by atoms with Crippen molar-refractivity contribution in [2.45, 2.75) is 37.9 Å². The average molecular weight is 142 g/mol. The molecular weight excluding hydrogens is 132 g/mol. The van der Waals surface area contributed by atoms with E-state index in [1.807, 2.05) is 6.92 Å². The van der Waals surface area contributed by atoms with Crippen molar-refractivity contribution >= 4 is 5.78 Å². The second-order valence-electron chi connectivity index (χ2n) is 3.09. The highest BCUT2D eigenvalue weighted by molar-refractivity contribution is 5.88. The molecule has 0 radical (unpaired) electrons. The molecule has 2 unspecified atom stereocenters. The Hall–Kier alpha value is -0.410. The van der Waals surface area contributed by atoms with Crippen LogP contribution in [-0.2, 0) is 14.6 Å². The van der Waals surface area contributed by atoms with Gasteiger partial charge < -0.3 is 0 Å². The molecule has 1 aliphatic carbocycles. The summed E-state index contributed by atoms with van der Waals surface area (Å²) < 4.78 is 0. The third-order valence-corrected chi connectivity index (χ3v) is 2.38. The highest BCUT2D eigenvalue weighted by Crippen LogP contribution is 2.38. The minimum atomic E-state index is -0.585. The molecule has 1 saturated carbocycles. The van der Waals surface area contributed by atoms with Gasteiger partial charge in [-0.1, -0.05) is 0 Å². The molecule has 10 heavy (non-hydrogen) atoms. The van der Waals surface area contributed by atoms with Crippen LogP contribution >= 0.6 is 0 Å². The van der Waals surface area contributed by atoms with E-state index < -0.39 is 5.60 Å². The molecule has 0 N–H and O–H groups in total. The van der Waals surface area contributed by atoms with Gasteiger partial charge >= 0.3 is 0 Å². The summed E-state index contributed by atoms with van der Waals surface area (Å²) in [5, 5.41) is 0. The average Bonchev–Trinajstić information content (AvgIpc) is 1.90. The van der Waals surface area contributed by atoms with Gasteiger partial charge in [0.25, 0.3) is 0 Å². The van der Waals surface area contributed by atoms with Crippen LogP contribution < -0.4 is 0 Å². The maximum atomic E-state index is 11.2. The molecule has 0 amide bonds. The lowest BCUT2D eigenvalue weighted by molar-refractivity contribution is -0.492. The molecule has 0 aromatic rings. The number of Topliss-reactive ketones (excluding diaryl/α,β-unsaturated/α-hetero) is 1. The van der Waals surface area contributed by atoms with Gasteiger partial charge in [-0.05, 0) is 19.8 Å². The Morgan fingerprint density at radius 1 is 1.70 bits per heavy atom. The summed E-state index contributed by atoms with van der Waals surface area (Å²) in [4.78, 5) is 20.7. The predicted octanol–water partition coefficient (Wildman–Crippen LogP) is 0.829. The molecule has 3 nitrogen and oxygen atoms in total. The number of rotatable bonds is 0. The Kier molecular flexibility index (Phi) is 1.13. The molecule has 2 atom stereocenters. The SMILES string of the molecule is CC12OOC1CCCC2=O. The Balaban J connectivity index is 2.19. The number of ketones is 1. The van der Waals surface area contributed by atoms with Gasteiger partial charge in [-0.25, -0.2) is 9.78 Å². The van der Waals surface area contributed by atoms with Gasteiger partial charge in [-0.15, -0.1) is 0 Å². The first-order valence-corrected chi connectivity index (χ1v) is 3.61. The highest BCUT2D eigenvalue weighted by atomic mass is 17.3. The molecule has 0 aromatic carbocycles. The Morgan fingerprint density at radius 3 is 2.90 bits per heavy atom. The molecule has 2 fully saturated rings. The number of hydrogen-bond acceptors (Lipinski definition) is 3. The van der Waals surface area contributed by atoms with E-state index in [1.165, 1.54) is 0 Å². The van der Waals surface area contributed by atoms with Gasteiger partial charge in [-0.2, -0.15) is 0 Å². The molecule has 1 aliphatic heterocycles. The van der Waals surface area contributed by atoms with Crippen LogP contribution in [0.15, 0.2) is 0 Å². The van der Waals surface area contributed by atoms with E-state index in [1.54, 1.807) is 0 Å². The quantitative estimate of drug-likeness (QED) is 0.470. The summed E-state index contributed by atoms with van der Waals surface area (Å²) in [6, 6.07) is 0. The van der Waals surface area contributed by atoms with Crippen LogP contribution in [-0.4, -0.2) is 17.5 Å². The van der Waals surface area contributed by atoms with Crippen LogP contribution in [0.5, 0.6) is 0 Å². The van der Waals surface area contributed by atoms with Crippen molar-refractivity contribution in [2.75, 3.05) is 0 Å². The molecule has 0 bridgehead atoms. The van der Waals surface area contributed by atoms with Crippen molar-refractivity contribution in [1.82, 2.24) is 0 Å². The standard InChI is InChI=1S/C7H10O3/c1-7-5(8)3-2-4-6(7)9-10-7/h6H,2-4H2,1H3. The predicted molar refractivity (Wildman–Crippen MR) is 33.2 cm³/mol. The van der Waals surface area contributed by atoms with Crippen LogP contribution in [0.1, 0.15) is 26.2 Å². The van der Waals surface area contributed by atoms with E-state index >= 15 is 0 Å². The van der Waals surface area contributed by atoms with Gasteiger partial charge in [0.05, 0.1) is 0 Å². The fraction of sp³-hybridized carbons (Fsp3) is 0.857. The van der Waals surface area contributed by atoms with Gasteiger partial charge in [0.1, 0.15) is 6.10 Å². The number of fused-ring (bicyclic) bond motifs is 1. The van der Waals surface area contributed by atoms with Crippen LogP contribution in [0, 0.1) is 0 Å². The van der Waals surface area contributed by atoms with E-state index in [4.69, 9.17) is 9.78 Å². The molecule has 2 aliphatic rings. The Labute approximate surface area is 59.2 Å². The molecular formula is C7H10O3. The lowest BCUT2D eigenvalue weighted by Crippen LogP contribution is -2.61. The number of carbonyl (C=O) groups is 1. The third kappa shape index (κ3) is 0.592. The summed E-state index contributed by atoms with van der Waals surface area (Å²) in [5.41, 5.74) is -0.585. The van der Waals surface area contributed by atoms with E-state index in [2.05, 4.69) is 0 Å². The summed E-state index contributed by atoms with van der Waals surface area (Å²) in [6.45, 7) is 1.81. The fourth-order valence-corrected chi connectivity index (χ4v) is 1.51. The molecule has 1 heterocycles. The van der Waals surface area contributed by atoms with Gasteiger partial charge in [0, 0.05) is 6.42 Å². The Bertz CT molecular complexity index is 178. The Morgan fingerprint density at radius 2 is 2.50 bits per heavy atom. The maximum Gasteiger partial charge on any atom is 0.187 e. The first-order chi connectivity index (χ1) is 4.73. The van der Waals surface area contributed by atoms with Gasteiger partial charge in [0.2, 0.25) is 0 Å².